The van der Waals surface area contributed by atoms with Crippen LogP contribution in [0.15, 0.2) is 48.5 Å². The van der Waals surface area contributed by atoms with Gasteiger partial charge in [-0.05, 0) is 68.5 Å². The van der Waals surface area contributed by atoms with Crippen LogP contribution >= 0.6 is 0 Å². The average Bonchev–Trinajstić information content (AvgIpc) is 3.03. The summed E-state index contributed by atoms with van der Waals surface area (Å²) < 4.78 is 11.3. The molecule has 22 heavy (non-hydrogen) atoms. The topological polar surface area (TPSA) is 35.5 Å². The Bertz CT molecular complexity index is 640. The molecule has 0 unspecified atom stereocenters. The molecule has 3 nitrogen and oxygen atoms in total. The Morgan fingerprint density at radius 1 is 1.00 bits per heavy atom. The van der Waals surface area contributed by atoms with Gasteiger partial charge < -0.3 is 9.47 Å². The summed E-state index contributed by atoms with van der Waals surface area (Å²) in [5.74, 6) is 1.30. The Balaban J connectivity index is 1.64. The Kier molecular flexibility index (Phi) is 4.42. The van der Waals surface area contributed by atoms with Crippen molar-refractivity contribution >= 4 is 5.97 Å². The van der Waals surface area contributed by atoms with Crippen LogP contribution in [0.4, 0.5) is 0 Å². The van der Waals surface area contributed by atoms with Gasteiger partial charge in [0.15, 0.2) is 0 Å². The van der Waals surface area contributed by atoms with Crippen LogP contribution in [0.2, 0.25) is 0 Å². The van der Waals surface area contributed by atoms with Crippen molar-refractivity contribution in [1.82, 2.24) is 0 Å². The zero-order valence-electron chi connectivity index (χ0n) is 12.7. The van der Waals surface area contributed by atoms with Crippen LogP contribution < -0.4 is 4.74 Å². The number of para-hydroxylation sites is 1. The summed E-state index contributed by atoms with van der Waals surface area (Å²) in [6.07, 6.45) is 4.37. The first-order valence-electron chi connectivity index (χ1n) is 7.77. The fraction of sp³-hybridized carbons (Fsp3) is 0.316. The molecule has 1 fully saturated rings. The molecule has 3 heteroatoms. The van der Waals surface area contributed by atoms with Crippen LogP contribution in [0.1, 0.15) is 41.6 Å². The number of hydrogen-bond acceptors (Lipinski definition) is 3. The Hall–Kier alpha value is -2.29. The molecule has 0 radical (unpaired) electrons. The van der Waals surface area contributed by atoms with E-state index in [0.29, 0.717) is 11.3 Å². The lowest BCUT2D eigenvalue weighted by molar-refractivity contribution is 0.0318. The second-order valence-electron chi connectivity index (χ2n) is 5.70. The number of esters is 1. The van der Waals surface area contributed by atoms with Crippen LogP contribution in [0.3, 0.4) is 0 Å². The van der Waals surface area contributed by atoms with Gasteiger partial charge in [0.05, 0.1) is 5.56 Å². The van der Waals surface area contributed by atoms with Gasteiger partial charge in [0, 0.05) is 0 Å². The molecule has 0 heterocycles. The molecule has 0 aromatic heterocycles. The molecular weight excluding hydrogens is 276 g/mol. The van der Waals surface area contributed by atoms with Crippen LogP contribution in [0, 0.1) is 6.92 Å². The molecule has 0 N–H and O–H groups in total. The van der Waals surface area contributed by atoms with Gasteiger partial charge in [0.1, 0.15) is 17.6 Å². The largest absolute Gasteiger partial charge is 0.459 e. The lowest BCUT2D eigenvalue weighted by Gasteiger charge is -2.12. The highest BCUT2D eigenvalue weighted by atomic mass is 16.5. The van der Waals surface area contributed by atoms with Gasteiger partial charge in [-0.1, -0.05) is 18.2 Å². The smallest absolute Gasteiger partial charge is 0.338 e. The number of carbonyl (C=O) groups excluding carboxylic acids is 1. The van der Waals surface area contributed by atoms with Crippen LogP contribution in [-0.4, -0.2) is 12.1 Å². The molecule has 0 spiro atoms. The average molecular weight is 296 g/mol. The third-order valence-electron chi connectivity index (χ3n) is 3.99. The fourth-order valence-electron chi connectivity index (χ4n) is 2.68. The Morgan fingerprint density at radius 2 is 1.68 bits per heavy atom. The van der Waals surface area contributed by atoms with Crippen molar-refractivity contribution < 1.29 is 14.3 Å². The summed E-state index contributed by atoms with van der Waals surface area (Å²) in [6.45, 7) is 2.00. The number of aryl methyl sites for hydroxylation is 1. The predicted octanol–water partition coefficient (Wildman–Crippen LogP) is 4.89. The molecule has 2 aromatic rings. The van der Waals surface area contributed by atoms with Crippen molar-refractivity contribution in [3.05, 3.63) is 59.7 Å². The molecule has 3 rings (SSSR count). The van der Waals surface area contributed by atoms with E-state index >= 15 is 0 Å². The quantitative estimate of drug-likeness (QED) is 0.754. The van der Waals surface area contributed by atoms with Crippen molar-refractivity contribution in [3.8, 4) is 11.5 Å². The van der Waals surface area contributed by atoms with E-state index in [9.17, 15) is 4.79 Å². The first kappa shape index (κ1) is 14.6. The maximum atomic E-state index is 12.1. The number of carbonyl (C=O) groups is 1. The molecule has 1 aliphatic carbocycles. The second kappa shape index (κ2) is 6.65. The number of ether oxygens (including phenoxy) is 2. The van der Waals surface area contributed by atoms with E-state index in [0.717, 1.165) is 37.0 Å². The van der Waals surface area contributed by atoms with Crippen LogP contribution in [0.5, 0.6) is 11.5 Å². The minimum absolute atomic E-state index is 0.0930. The zero-order valence-corrected chi connectivity index (χ0v) is 12.7. The summed E-state index contributed by atoms with van der Waals surface area (Å²) in [5, 5.41) is 0. The summed E-state index contributed by atoms with van der Waals surface area (Å²) in [5.41, 5.74) is 1.65. The van der Waals surface area contributed by atoms with Crippen molar-refractivity contribution in [2.45, 2.75) is 38.7 Å². The maximum absolute atomic E-state index is 12.1. The third-order valence-corrected chi connectivity index (χ3v) is 3.99. The standard InChI is InChI=1S/C19H20O3/c1-14-6-2-5-9-18(14)21-17-12-10-15(11-13-17)19(20)22-16-7-3-4-8-16/h2,5-6,9-13,16H,3-4,7-8H2,1H3. The highest BCUT2D eigenvalue weighted by Gasteiger charge is 2.20. The third kappa shape index (κ3) is 3.48. The number of hydrogen-bond donors (Lipinski definition) is 0. The molecular formula is C19H20O3. The highest BCUT2D eigenvalue weighted by molar-refractivity contribution is 5.89. The van der Waals surface area contributed by atoms with Crippen molar-refractivity contribution in [1.29, 1.82) is 0 Å². The van der Waals surface area contributed by atoms with Gasteiger partial charge >= 0.3 is 5.97 Å². The van der Waals surface area contributed by atoms with Gasteiger partial charge in [-0.2, -0.15) is 0 Å². The molecule has 0 amide bonds. The summed E-state index contributed by atoms with van der Waals surface area (Å²) in [7, 11) is 0. The molecule has 0 saturated heterocycles. The SMILES string of the molecule is Cc1ccccc1Oc1ccc(C(=O)OC2CCCC2)cc1. The summed E-state index contributed by atoms with van der Waals surface area (Å²) >= 11 is 0. The molecule has 1 aliphatic rings. The molecule has 0 aliphatic heterocycles. The van der Waals surface area contributed by atoms with Gasteiger partial charge in [-0.25, -0.2) is 4.79 Å². The molecule has 0 atom stereocenters. The van der Waals surface area contributed by atoms with Crippen LogP contribution in [-0.2, 0) is 4.74 Å². The first-order chi connectivity index (χ1) is 10.7. The van der Waals surface area contributed by atoms with E-state index in [1.165, 1.54) is 0 Å². The molecule has 2 aromatic carbocycles. The minimum atomic E-state index is -0.241. The van der Waals surface area contributed by atoms with E-state index in [1.807, 2.05) is 31.2 Å². The van der Waals surface area contributed by atoms with E-state index in [1.54, 1.807) is 24.3 Å². The Morgan fingerprint density at radius 3 is 2.36 bits per heavy atom. The molecule has 114 valence electrons. The van der Waals surface area contributed by atoms with E-state index in [4.69, 9.17) is 9.47 Å². The van der Waals surface area contributed by atoms with Gasteiger partial charge in [-0.3, -0.25) is 0 Å². The Labute approximate surface area is 130 Å². The van der Waals surface area contributed by atoms with Crippen molar-refractivity contribution in [2.24, 2.45) is 0 Å². The highest BCUT2D eigenvalue weighted by Crippen LogP contribution is 2.26. The monoisotopic (exact) mass is 296 g/mol. The van der Waals surface area contributed by atoms with E-state index < -0.39 is 0 Å². The van der Waals surface area contributed by atoms with Gasteiger partial charge in [0.2, 0.25) is 0 Å². The maximum Gasteiger partial charge on any atom is 0.338 e. The predicted molar refractivity (Wildman–Crippen MR) is 85.4 cm³/mol. The number of rotatable bonds is 4. The van der Waals surface area contributed by atoms with Gasteiger partial charge in [-0.15, -0.1) is 0 Å². The summed E-state index contributed by atoms with van der Waals surface area (Å²) in [4.78, 5) is 12.1. The number of benzene rings is 2. The van der Waals surface area contributed by atoms with Crippen molar-refractivity contribution in [3.63, 3.8) is 0 Å². The zero-order chi connectivity index (χ0) is 15.4. The fourth-order valence-corrected chi connectivity index (χ4v) is 2.68. The van der Waals surface area contributed by atoms with Crippen LogP contribution in [0.25, 0.3) is 0 Å². The summed E-state index contributed by atoms with van der Waals surface area (Å²) in [6, 6.07) is 15.0. The lowest BCUT2D eigenvalue weighted by atomic mass is 10.2. The normalized spacial score (nSPS) is 14.8. The molecule has 0 bridgehead atoms. The molecule has 1 saturated carbocycles. The van der Waals surface area contributed by atoms with Crippen molar-refractivity contribution in [2.75, 3.05) is 0 Å². The lowest BCUT2D eigenvalue weighted by Crippen LogP contribution is -2.14. The second-order valence-corrected chi connectivity index (χ2v) is 5.70. The first-order valence-corrected chi connectivity index (χ1v) is 7.77. The van der Waals surface area contributed by atoms with E-state index in [2.05, 4.69) is 0 Å². The van der Waals surface area contributed by atoms with E-state index in [-0.39, 0.29) is 12.1 Å². The van der Waals surface area contributed by atoms with Gasteiger partial charge in [0.25, 0.3) is 0 Å². The minimum Gasteiger partial charge on any atom is -0.459 e.